The van der Waals surface area contributed by atoms with E-state index in [2.05, 4.69) is 30.7 Å². The molecule has 106 valence electrons. The van der Waals surface area contributed by atoms with Crippen molar-refractivity contribution in [3.8, 4) is 0 Å². The largest absolute Gasteiger partial charge is 0.329 e. The molecule has 0 aromatic carbocycles. The van der Waals surface area contributed by atoms with Crippen LogP contribution in [-0.4, -0.2) is 55.1 Å². The van der Waals surface area contributed by atoms with E-state index in [4.69, 9.17) is 5.73 Å². The van der Waals surface area contributed by atoms with Crippen molar-refractivity contribution < 1.29 is 0 Å². The van der Waals surface area contributed by atoms with Gasteiger partial charge >= 0.3 is 0 Å². The van der Waals surface area contributed by atoms with E-state index < -0.39 is 0 Å². The van der Waals surface area contributed by atoms with Crippen LogP contribution in [0.3, 0.4) is 0 Å². The lowest BCUT2D eigenvalue weighted by Crippen LogP contribution is -2.63. The van der Waals surface area contributed by atoms with E-state index in [1.54, 1.807) is 0 Å². The highest BCUT2D eigenvalue weighted by Crippen LogP contribution is 2.38. The SMILES string of the molecule is CCC1(C)CCN(C2(CN)CCCN(C)C2)CC1. The number of hydrogen-bond donors (Lipinski definition) is 1. The summed E-state index contributed by atoms with van der Waals surface area (Å²) in [4.78, 5) is 5.17. The summed E-state index contributed by atoms with van der Waals surface area (Å²) in [6, 6.07) is 0. The van der Waals surface area contributed by atoms with Crippen LogP contribution in [0.2, 0.25) is 0 Å². The summed E-state index contributed by atoms with van der Waals surface area (Å²) in [5.41, 5.74) is 7.01. The molecule has 2 aliphatic heterocycles. The van der Waals surface area contributed by atoms with Crippen molar-refractivity contribution in [2.24, 2.45) is 11.1 Å². The molecule has 0 aromatic heterocycles. The quantitative estimate of drug-likeness (QED) is 0.834. The van der Waals surface area contributed by atoms with Crippen molar-refractivity contribution in [3.63, 3.8) is 0 Å². The molecule has 3 nitrogen and oxygen atoms in total. The molecule has 2 saturated heterocycles. The van der Waals surface area contributed by atoms with Gasteiger partial charge in [-0.15, -0.1) is 0 Å². The standard InChI is InChI=1S/C15H31N3/c1-4-14(2)7-10-18(11-8-14)15(12-16)6-5-9-17(3)13-15/h4-13,16H2,1-3H3. The van der Waals surface area contributed by atoms with E-state index in [-0.39, 0.29) is 5.54 Å². The van der Waals surface area contributed by atoms with Gasteiger partial charge in [0.2, 0.25) is 0 Å². The molecular formula is C15H31N3. The minimum atomic E-state index is 0.266. The first-order valence-corrected chi connectivity index (χ1v) is 7.67. The summed E-state index contributed by atoms with van der Waals surface area (Å²) >= 11 is 0. The minimum Gasteiger partial charge on any atom is -0.329 e. The van der Waals surface area contributed by atoms with Crippen LogP contribution in [0.1, 0.15) is 46.0 Å². The van der Waals surface area contributed by atoms with Gasteiger partial charge in [-0.1, -0.05) is 20.3 Å². The van der Waals surface area contributed by atoms with Crippen LogP contribution in [0.15, 0.2) is 0 Å². The summed E-state index contributed by atoms with van der Waals surface area (Å²) in [6.07, 6.45) is 6.59. The van der Waals surface area contributed by atoms with Crippen LogP contribution < -0.4 is 5.73 Å². The summed E-state index contributed by atoms with van der Waals surface area (Å²) in [7, 11) is 2.24. The second-order valence-corrected chi connectivity index (χ2v) is 6.92. The Bertz CT molecular complexity index is 271. The van der Waals surface area contributed by atoms with Crippen molar-refractivity contribution >= 4 is 0 Å². The fourth-order valence-corrected chi connectivity index (χ4v) is 3.77. The number of rotatable bonds is 3. The fourth-order valence-electron chi connectivity index (χ4n) is 3.77. The molecule has 2 N–H and O–H groups in total. The molecule has 2 fully saturated rings. The first kappa shape index (κ1) is 14.3. The normalized spacial score (nSPS) is 34.7. The van der Waals surface area contributed by atoms with Gasteiger partial charge in [-0.2, -0.15) is 0 Å². The van der Waals surface area contributed by atoms with Crippen LogP contribution in [0, 0.1) is 5.41 Å². The Labute approximate surface area is 113 Å². The Balaban J connectivity index is 2.02. The Morgan fingerprint density at radius 3 is 2.28 bits per heavy atom. The molecule has 2 heterocycles. The minimum absolute atomic E-state index is 0.266. The molecule has 2 aliphatic rings. The smallest absolute Gasteiger partial charge is 0.0458 e. The van der Waals surface area contributed by atoms with E-state index in [0.717, 1.165) is 13.1 Å². The molecule has 1 atom stereocenters. The summed E-state index contributed by atoms with van der Waals surface area (Å²) in [6.45, 7) is 10.5. The van der Waals surface area contributed by atoms with Gasteiger partial charge in [0, 0.05) is 18.6 Å². The number of likely N-dealkylation sites (N-methyl/N-ethyl adjacent to an activating group) is 1. The maximum absolute atomic E-state index is 6.16. The lowest BCUT2D eigenvalue weighted by Gasteiger charge is -2.52. The molecule has 0 amide bonds. The Morgan fingerprint density at radius 1 is 1.11 bits per heavy atom. The first-order chi connectivity index (χ1) is 8.53. The summed E-state index contributed by atoms with van der Waals surface area (Å²) in [5.74, 6) is 0. The molecule has 0 bridgehead atoms. The zero-order valence-corrected chi connectivity index (χ0v) is 12.5. The fraction of sp³-hybridized carbons (Fsp3) is 1.00. The summed E-state index contributed by atoms with van der Waals surface area (Å²) in [5, 5.41) is 0. The maximum Gasteiger partial charge on any atom is 0.0458 e. The van der Waals surface area contributed by atoms with Gasteiger partial charge in [-0.25, -0.2) is 0 Å². The zero-order valence-electron chi connectivity index (χ0n) is 12.5. The third-order valence-corrected chi connectivity index (χ3v) is 5.62. The lowest BCUT2D eigenvalue weighted by atomic mass is 9.76. The summed E-state index contributed by atoms with van der Waals surface area (Å²) < 4.78 is 0. The molecular weight excluding hydrogens is 222 g/mol. The number of hydrogen-bond acceptors (Lipinski definition) is 3. The zero-order chi connectivity index (χ0) is 13.2. The lowest BCUT2D eigenvalue weighted by molar-refractivity contribution is -0.0146. The number of nitrogens with zero attached hydrogens (tertiary/aromatic N) is 2. The van der Waals surface area contributed by atoms with Gasteiger partial charge in [0.1, 0.15) is 0 Å². The average molecular weight is 253 g/mol. The third kappa shape index (κ3) is 2.73. The Morgan fingerprint density at radius 2 is 1.78 bits per heavy atom. The third-order valence-electron chi connectivity index (χ3n) is 5.62. The van der Waals surface area contributed by atoms with Crippen LogP contribution in [0.5, 0.6) is 0 Å². The molecule has 0 radical (unpaired) electrons. The van der Waals surface area contributed by atoms with Gasteiger partial charge < -0.3 is 10.6 Å². The number of piperidine rings is 2. The molecule has 0 saturated carbocycles. The molecule has 3 heteroatoms. The van der Waals surface area contributed by atoms with Crippen molar-refractivity contribution in [1.82, 2.24) is 9.80 Å². The van der Waals surface area contributed by atoms with Gasteiger partial charge in [-0.3, -0.25) is 4.90 Å². The predicted octanol–water partition coefficient (Wildman–Crippen LogP) is 1.92. The van der Waals surface area contributed by atoms with Crippen molar-refractivity contribution in [2.75, 3.05) is 39.8 Å². The van der Waals surface area contributed by atoms with E-state index in [1.165, 1.54) is 51.7 Å². The van der Waals surface area contributed by atoms with Crippen LogP contribution in [-0.2, 0) is 0 Å². The molecule has 0 aliphatic carbocycles. The Hall–Kier alpha value is -0.120. The highest BCUT2D eigenvalue weighted by Gasteiger charge is 2.41. The topological polar surface area (TPSA) is 32.5 Å². The second-order valence-electron chi connectivity index (χ2n) is 6.92. The van der Waals surface area contributed by atoms with E-state index in [0.29, 0.717) is 5.41 Å². The predicted molar refractivity (Wildman–Crippen MR) is 77.7 cm³/mol. The highest BCUT2D eigenvalue weighted by molar-refractivity contribution is 4.99. The second kappa shape index (κ2) is 5.48. The van der Waals surface area contributed by atoms with Crippen molar-refractivity contribution in [3.05, 3.63) is 0 Å². The molecule has 18 heavy (non-hydrogen) atoms. The number of nitrogens with two attached hydrogens (primary N) is 1. The molecule has 0 spiro atoms. The van der Waals surface area contributed by atoms with Crippen LogP contribution >= 0.6 is 0 Å². The molecule has 0 aromatic rings. The monoisotopic (exact) mass is 253 g/mol. The average Bonchev–Trinajstić information content (AvgIpc) is 2.39. The highest BCUT2D eigenvalue weighted by atomic mass is 15.3. The Kier molecular flexibility index (Phi) is 4.35. The van der Waals surface area contributed by atoms with E-state index >= 15 is 0 Å². The van der Waals surface area contributed by atoms with E-state index in [1.807, 2.05) is 0 Å². The van der Waals surface area contributed by atoms with Crippen molar-refractivity contribution in [2.45, 2.75) is 51.5 Å². The van der Waals surface area contributed by atoms with E-state index in [9.17, 15) is 0 Å². The van der Waals surface area contributed by atoms with Gasteiger partial charge in [0.25, 0.3) is 0 Å². The molecule has 1 unspecified atom stereocenters. The van der Waals surface area contributed by atoms with Gasteiger partial charge in [0.15, 0.2) is 0 Å². The number of likely N-dealkylation sites (tertiary alicyclic amines) is 2. The van der Waals surface area contributed by atoms with Crippen LogP contribution in [0.4, 0.5) is 0 Å². The first-order valence-electron chi connectivity index (χ1n) is 7.67. The van der Waals surface area contributed by atoms with Gasteiger partial charge in [0.05, 0.1) is 0 Å². The van der Waals surface area contributed by atoms with Gasteiger partial charge in [-0.05, 0) is 57.8 Å². The molecule has 2 rings (SSSR count). The van der Waals surface area contributed by atoms with Crippen LogP contribution in [0.25, 0.3) is 0 Å². The van der Waals surface area contributed by atoms with Crippen molar-refractivity contribution in [1.29, 1.82) is 0 Å². The maximum atomic E-state index is 6.16.